The van der Waals surface area contributed by atoms with Gasteiger partial charge < -0.3 is 20.7 Å². The molecule has 2 aliphatic heterocycles. The van der Waals surface area contributed by atoms with Gasteiger partial charge in [0, 0.05) is 26.2 Å². The molecule has 2 heterocycles. The molecule has 0 bridgehead atoms. The van der Waals surface area contributed by atoms with Gasteiger partial charge in [-0.1, -0.05) is 12.1 Å². The van der Waals surface area contributed by atoms with Gasteiger partial charge in [0.1, 0.15) is 0 Å². The Bertz CT molecular complexity index is 548. The van der Waals surface area contributed by atoms with Crippen molar-refractivity contribution in [1.82, 2.24) is 10.2 Å². The number of ether oxygens (including phenoxy) is 1. The molecule has 0 atom stereocenters. The van der Waals surface area contributed by atoms with Crippen LogP contribution in [0.15, 0.2) is 24.3 Å². The van der Waals surface area contributed by atoms with Crippen LogP contribution in [0, 0.1) is 0 Å². The van der Waals surface area contributed by atoms with E-state index in [0.717, 1.165) is 0 Å². The molecule has 3 rings (SSSR count). The molecule has 0 aromatic heterocycles. The van der Waals surface area contributed by atoms with E-state index < -0.39 is 18.1 Å². The fraction of sp³-hybridized carbons (Fsp3) is 0.462. The molecule has 1 aromatic rings. The number of esters is 1. The molecule has 0 amide bonds. The Labute approximate surface area is 124 Å². The molecule has 0 aliphatic carbocycles. The molecule has 0 spiro atoms. The lowest BCUT2D eigenvalue weighted by Crippen LogP contribution is -2.65. The summed E-state index contributed by atoms with van der Waals surface area (Å²) in [7, 11) is 0. The third-order valence-corrected chi connectivity index (χ3v) is 3.57. The summed E-state index contributed by atoms with van der Waals surface area (Å²) in [5.41, 5.74) is 1.16. The molecule has 1 saturated heterocycles. The summed E-state index contributed by atoms with van der Waals surface area (Å²) in [5, 5.41) is 8.83. The third kappa shape index (κ3) is 2.69. The molecule has 22 heavy (non-hydrogen) atoms. The second kappa shape index (κ2) is 5.33. The van der Waals surface area contributed by atoms with Crippen molar-refractivity contribution < 1.29 is 22.7 Å². The SMILES string of the molecule is O=C(OC1(N2CCNCC2)Nc2ccccc2N1)C(F)(F)F. The van der Waals surface area contributed by atoms with E-state index in [0.29, 0.717) is 37.6 Å². The van der Waals surface area contributed by atoms with Crippen LogP contribution in [0.2, 0.25) is 0 Å². The fourth-order valence-corrected chi connectivity index (χ4v) is 2.54. The summed E-state index contributed by atoms with van der Waals surface area (Å²) >= 11 is 0. The summed E-state index contributed by atoms with van der Waals surface area (Å²) in [6, 6.07) is 6.89. The first-order valence-corrected chi connectivity index (χ1v) is 6.82. The van der Waals surface area contributed by atoms with Crippen LogP contribution >= 0.6 is 0 Å². The highest BCUT2D eigenvalue weighted by molar-refractivity contribution is 5.80. The molecule has 1 aromatic carbocycles. The van der Waals surface area contributed by atoms with Crippen LogP contribution in [-0.4, -0.2) is 49.2 Å². The van der Waals surface area contributed by atoms with Crippen LogP contribution in [0.5, 0.6) is 0 Å². The number of anilines is 2. The van der Waals surface area contributed by atoms with E-state index in [1.165, 1.54) is 0 Å². The molecule has 9 heteroatoms. The lowest BCUT2D eigenvalue weighted by Gasteiger charge is -2.41. The molecule has 3 N–H and O–H groups in total. The number of halogens is 3. The monoisotopic (exact) mass is 316 g/mol. The zero-order valence-corrected chi connectivity index (χ0v) is 11.5. The number of carbonyl (C=O) groups excluding carboxylic acids is 1. The first-order valence-electron chi connectivity index (χ1n) is 6.82. The molecule has 0 saturated carbocycles. The zero-order valence-electron chi connectivity index (χ0n) is 11.5. The maximum absolute atomic E-state index is 12.6. The number of hydrogen-bond acceptors (Lipinski definition) is 6. The topological polar surface area (TPSA) is 65.6 Å². The van der Waals surface area contributed by atoms with Gasteiger partial charge in [-0.3, -0.25) is 0 Å². The van der Waals surface area contributed by atoms with Crippen LogP contribution in [-0.2, 0) is 9.53 Å². The fourth-order valence-electron chi connectivity index (χ4n) is 2.54. The standard InChI is InChI=1S/C13H15F3N4O2/c14-12(15,16)11(21)22-13(20-7-5-17-6-8-20)18-9-3-1-2-4-10(9)19-13/h1-4,17-19H,5-8H2. The first-order chi connectivity index (χ1) is 10.4. The number of para-hydroxylation sites is 2. The molecular weight excluding hydrogens is 301 g/mol. The summed E-state index contributed by atoms with van der Waals surface area (Å²) in [5.74, 6) is -3.96. The number of alkyl halides is 3. The highest BCUT2D eigenvalue weighted by Crippen LogP contribution is 2.37. The Balaban J connectivity index is 1.89. The Morgan fingerprint density at radius 2 is 1.68 bits per heavy atom. The maximum atomic E-state index is 12.6. The largest absolute Gasteiger partial charge is 0.491 e. The van der Waals surface area contributed by atoms with Crippen molar-refractivity contribution in [3.63, 3.8) is 0 Å². The van der Waals surface area contributed by atoms with Gasteiger partial charge in [-0.15, -0.1) is 0 Å². The Kier molecular flexibility index (Phi) is 3.61. The minimum atomic E-state index is -5.06. The van der Waals surface area contributed by atoms with Gasteiger partial charge in [-0.25, -0.2) is 9.69 Å². The second-order valence-electron chi connectivity index (χ2n) is 5.06. The highest BCUT2D eigenvalue weighted by Gasteiger charge is 2.52. The number of fused-ring (bicyclic) bond motifs is 1. The highest BCUT2D eigenvalue weighted by atomic mass is 19.4. The first kappa shape index (κ1) is 14.9. The average Bonchev–Trinajstić information content (AvgIpc) is 2.86. The molecular formula is C13H15F3N4O2. The number of benzene rings is 1. The smallest absolute Gasteiger partial charge is 0.399 e. The van der Waals surface area contributed by atoms with Gasteiger partial charge in [0.25, 0.3) is 0 Å². The van der Waals surface area contributed by atoms with Crippen molar-refractivity contribution in [2.75, 3.05) is 36.8 Å². The predicted octanol–water partition coefficient (Wildman–Crippen LogP) is 1.15. The van der Waals surface area contributed by atoms with Crippen molar-refractivity contribution in [2.45, 2.75) is 12.1 Å². The lowest BCUT2D eigenvalue weighted by atomic mass is 10.3. The van der Waals surface area contributed by atoms with Gasteiger partial charge >= 0.3 is 18.1 Å². The maximum Gasteiger partial charge on any atom is 0.491 e. The van der Waals surface area contributed by atoms with E-state index >= 15 is 0 Å². The van der Waals surface area contributed by atoms with Crippen molar-refractivity contribution in [3.8, 4) is 0 Å². The number of piperazine rings is 1. The van der Waals surface area contributed by atoms with Crippen molar-refractivity contribution in [1.29, 1.82) is 0 Å². The van der Waals surface area contributed by atoms with Crippen LogP contribution in [0.3, 0.4) is 0 Å². The average molecular weight is 316 g/mol. The number of carbonyl (C=O) groups is 1. The molecule has 6 nitrogen and oxygen atoms in total. The summed E-state index contributed by atoms with van der Waals surface area (Å²) in [6.07, 6.45) is -5.06. The molecule has 1 fully saturated rings. The summed E-state index contributed by atoms with van der Waals surface area (Å²) in [4.78, 5) is 13.0. The van der Waals surface area contributed by atoms with E-state index in [2.05, 4.69) is 16.0 Å². The number of nitrogens with zero attached hydrogens (tertiary/aromatic N) is 1. The molecule has 0 unspecified atom stereocenters. The normalized spacial score (nSPS) is 20.7. The summed E-state index contributed by atoms with van der Waals surface area (Å²) in [6.45, 7) is 2.04. The third-order valence-electron chi connectivity index (χ3n) is 3.57. The minimum Gasteiger partial charge on any atom is -0.399 e. The van der Waals surface area contributed by atoms with Crippen molar-refractivity contribution >= 4 is 17.3 Å². The zero-order chi connectivity index (χ0) is 15.8. The van der Waals surface area contributed by atoms with Gasteiger partial charge in [0.05, 0.1) is 11.4 Å². The van der Waals surface area contributed by atoms with E-state index in [4.69, 9.17) is 4.74 Å². The summed E-state index contributed by atoms with van der Waals surface area (Å²) < 4.78 is 42.6. The number of hydrogen-bond donors (Lipinski definition) is 3. The molecule has 120 valence electrons. The van der Waals surface area contributed by atoms with E-state index in [9.17, 15) is 18.0 Å². The predicted molar refractivity (Wildman–Crippen MR) is 73.0 cm³/mol. The Hall–Kier alpha value is -2.00. The molecule has 2 aliphatic rings. The lowest BCUT2D eigenvalue weighted by molar-refractivity contribution is -0.222. The quantitative estimate of drug-likeness (QED) is 0.711. The van der Waals surface area contributed by atoms with E-state index in [1.807, 2.05) is 0 Å². The van der Waals surface area contributed by atoms with Crippen LogP contribution in [0.25, 0.3) is 0 Å². The number of rotatable bonds is 2. The van der Waals surface area contributed by atoms with Crippen LogP contribution in [0.4, 0.5) is 24.5 Å². The van der Waals surface area contributed by atoms with Crippen LogP contribution in [0.1, 0.15) is 0 Å². The van der Waals surface area contributed by atoms with Crippen LogP contribution < -0.4 is 16.0 Å². The number of nitrogens with one attached hydrogen (secondary N) is 3. The van der Waals surface area contributed by atoms with Gasteiger partial charge in [0.15, 0.2) is 0 Å². The minimum absolute atomic E-state index is 0.430. The second-order valence-corrected chi connectivity index (χ2v) is 5.06. The van der Waals surface area contributed by atoms with Gasteiger partial charge in [0.2, 0.25) is 0 Å². The molecule has 0 radical (unpaired) electrons. The van der Waals surface area contributed by atoms with Crippen molar-refractivity contribution in [3.05, 3.63) is 24.3 Å². The van der Waals surface area contributed by atoms with E-state index in [1.54, 1.807) is 29.2 Å². The van der Waals surface area contributed by atoms with E-state index in [-0.39, 0.29) is 0 Å². The Morgan fingerprint density at radius 3 is 2.18 bits per heavy atom. The van der Waals surface area contributed by atoms with Crippen molar-refractivity contribution in [2.24, 2.45) is 0 Å². The van der Waals surface area contributed by atoms with Gasteiger partial charge in [-0.2, -0.15) is 13.2 Å². The Morgan fingerprint density at radius 1 is 1.14 bits per heavy atom. The van der Waals surface area contributed by atoms with Gasteiger partial charge in [-0.05, 0) is 12.1 Å².